The average Bonchev–Trinajstić information content (AvgIpc) is 2.63. The third-order valence-corrected chi connectivity index (χ3v) is 3.76. The van der Waals surface area contributed by atoms with E-state index in [-0.39, 0.29) is 24.8 Å². The molecule has 0 aliphatic carbocycles. The van der Waals surface area contributed by atoms with Crippen LogP contribution in [0.2, 0.25) is 0 Å². The molecule has 0 radical (unpaired) electrons. The fourth-order valence-electron chi connectivity index (χ4n) is 2.55. The monoisotopic (exact) mass is 326 g/mol. The number of hydrogen-bond donors (Lipinski definition) is 2. The highest BCUT2D eigenvalue weighted by Gasteiger charge is 2.29. The molecule has 2 aromatic rings. The molecule has 1 aliphatic rings. The van der Waals surface area contributed by atoms with Gasteiger partial charge in [-0.2, -0.15) is 0 Å². The smallest absolute Gasteiger partial charge is 0.240 e. The molecule has 1 unspecified atom stereocenters. The molecule has 0 aromatic heterocycles. The van der Waals surface area contributed by atoms with Crippen LogP contribution >= 0.6 is 0 Å². The maximum Gasteiger partial charge on any atom is 0.240 e. The van der Waals surface area contributed by atoms with Gasteiger partial charge in [-0.3, -0.25) is 9.59 Å². The predicted molar refractivity (Wildman–Crippen MR) is 89.7 cm³/mol. The molecular formula is C18H18N2O4. The zero-order valence-corrected chi connectivity index (χ0v) is 13.2. The van der Waals surface area contributed by atoms with Crippen LogP contribution in [0.1, 0.15) is 10.4 Å². The van der Waals surface area contributed by atoms with Gasteiger partial charge in [0.1, 0.15) is 24.1 Å². The first kappa shape index (κ1) is 15.9. The Morgan fingerprint density at radius 2 is 1.96 bits per heavy atom. The van der Waals surface area contributed by atoms with Crippen molar-refractivity contribution in [1.29, 1.82) is 0 Å². The highest BCUT2D eigenvalue weighted by atomic mass is 16.5. The minimum atomic E-state index is -0.674. The van der Waals surface area contributed by atoms with Gasteiger partial charge in [0.15, 0.2) is 5.78 Å². The number of rotatable bonds is 5. The van der Waals surface area contributed by atoms with Crippen LogP contribution < -0.4 is 20.1 Å². The van der Waals surface area contributed by atoms with E-state index in [1.54, 1.807) is 31.4 Å². The molecule has 0 saturated carbocycles. The van der Waals surface area contributed by atoms with Crippen molar-refractivity contribution in [2.45, 2.75) is 6.04 Å². The van der Waals surface area contributed by atoms with E-state index < -0.39 is 6.04 Å². The van der Waals surface area contributed by atoms with E-state index >= 15 is 0 Å². The van der Waals surface area contributed by atoms with E-state index in [1.165, 1.54) is 0 Å². The number of nitrogens with one attached hydrogen (secondary N) is 2. The van der Waals surface area contributed by atoms with Crippen molar-refractivity contribution < 1.29 is 19.1 Å². The zero-order valence-electron chi connectivity index (χ0n) is 13.2. The zero-order chi connectivity index (χ0) is 16.9. The van der Waals surface area contributed by atoms with Gasteiger partial charge in [-0.05, 0) is 24.3 Å². The second-order valence-corrected chi connectivity index (χ2v) is 5.35. The molecule has 6 nitrogen and oxygen atoms in total. The molecule has 0 bridgehead atoms. The van der Waals surface area contributed by atoms with Crippen LogP contribution in [0.5, 0.6) is 11.5 Å². The third kappa shape index (κ3) is 3.32. The molecule has 0 saturated heterocycles. The number of fused-ring (bicyclic) bond motifs is 1. The van der Waals surface area contributed by atoms with Crippen molar-refractivity contribution >= 4 is 17.4 Å². The molecule has 0 spiro atoms. The minimum Gasteiger partial charge on any atom is -0.495 e. The molecule has 1 amide bonds. The summed E-state index contributed by atoms with van der Waals surface area (Å²) < 4.78 is 10.7. The summed E-state index contributed by atoms with van der Waals surface area (Å²) in [4.78, 5) is 24.5. The van der Waals surface area contributed by atoms with Crippen molar-refractivity contribution in [2.24, 2.45) is 0 Å². The Bertz CT molecular complexity index is 760. The molecule has 2 aromatic carbocycles. The lowest BCUT2D eigenvalue weighted by molar-refractivity contribution is -0.120. The molecule has 1 heterocycles. The standard InChI is InChI=1S/C18H18N2O4/c1-23-16-9-5-3-7-13(16)19-10-17(21)20-14-11-24-15-8-4-2-6-12(15)18(14)22/h2-9,14,19H,10-11H2,1H3,(H,20,21). The quantitative estimate of drug-likeness (QED) is 0.877. The second-order valence-electron chi connectivity index (χ2n) is 5.35. The summed E-state index contributed by atoms with van der Waals surface area (Å²) in [6.07, 6.45) is 0. The summed E-state index contributed by atoms with van der Waals surface area (Å²) in [6, 6.07) is 13.7. The van der Waals surface area contributed by atoms with Crippen LogP contribution in [-0.4, -0.2) is 38.0 Å². The highest BCUT2D eigenvalue weighted by Crippen LogP contribution is 2.24. The first-order valence-electron chi connectivity index (χ1n) is 7.61. The minimum absolute atomic E-state index is 0.0335. The van der Waals surface area contributed by atoms with E-state index in [0.29, 0.717) is 22.7 Å². The number of hydrogen-bond acceptors (Lipinski definition) is 5. The van der Waals surface area contributed by atoms with E-state index in [1.807, 2.05) is 24.3 Å². The average molecular weight is 326 g/mol. The van der Waals surface area contributed by atoms with Gasteiger partial charge in [0, 0.05) is 0 Å². The Morgan fingerprint density at radius 1 is 1.21 bits per heavy atom. The van der Waals surface area contributed by atoms with Crippen LogP contribution in [0, 0.1) is 0 Å². The largest absolute Gasteiger partial charge is 0.495 e. The summed E-state index contributed by atoms with van der Waals surface area (Å²) in [5, 5.41) is 5.70. The maximum absolute atomic E-state index is 12.4. The highest BCUT2D eigenvalue weighted by molar-refractivity contribution is 6.05. The van der Waals surface area contributed by atoms with Crippen LogP contribution in [0.3, 0.4) is 0 Å². The number of anilines is 1. The lowest BCUT2D eigenvalue weighted by Crippen LogP contribution is -2.48. The molecule has 2 N–H and O–H groups in total. The molecule has 1 atom stereocenters. The first-order chi connectivity index (χ1) is 11.7. The number of Topliss-reactive ketones (excluding diaryl/α,β-unsaturated/α-hetero) is 1. The Hall–Kier alpha value is -3.02. The van der Waals surface area contributed by atoms with Crippen molar-refractivity contribution in [3.63, 3.8) is 0 Å². The summed E-state index contributed by atoms with van der Waals surface area (Å²) in [6.45, 7) is 0.169. The van der Waals surface area contributed by atoms with Gasteiger partial charge in [0.05, 0.1) is 24.9 Å². The van der Waals surface area contributed by atoms with Gasteiger partial charge in [-0.1, -0.05) is 24.3 Å². The summed E-state index contributed by atoms with van der Waals surface area (Å²) in [7, 11) is 1.57. The first-order valence-corrected chi connectivity index (χ1v) is 7.61. The predicted octanol–water partition coefficient (Wildman–Crippen LogP) is 1.87. The van der Waals surface area contributed by atoms with Gasteiger partial charge in [-0.15, -0.1) is 0 Å². The molecule has 0 fully saturated rings. The Morgan fingerprint density at radius 3 is 2.79 bits per heavy atom. The van der Waals surface area contributed by atoms with Gasteiger partial charge in [-0.25, -0.2) is 0 Å². The summed E-state index contributed by atoms with van der Waals surface area (Å²) >= 11 is 0. The second kappa shape index (κ2) is 7.04. The van der Waals surface area contributed by atoms with Crippen molar-refractivity contribution in [3.05, 3.63) is 54.1 Å². The lowest BCUT2D eigenvalue weighted by Gasteiger charge is -2.24. The van der Waals surface area contributed by atoms with Crippen LogP contribution in [-0.2, 0) is 4.79 Å². The van der Waals surface area contributed by atoms with E-state index in [0.717, 1.165) is 0 Å². The number of carbonyl (C=O) groups excluding carboxylic acids is 2. The number of amides is 1. The number of benzene rings is 2. The van der Waals surface area contributed by atoms with Gasteiger partial charge in [0.25, 0.3) is 0 Å². The normalized spacial score (nSPS) is 15.9. The molecule has 24 heavy (non-hydrogen) atoms. The Kier molecular flexibility index (Phi) is 4.65. The number of methoxy groups -OCH3 is 1. The van der Waals surface area contributed by atoms with Crippen LogP contribution in [0.4, 0.5) is 5.69 Å². The molecule has 3 rings (SSSR count). The third-order valence-electron chi connectivity index (χ3n) is 3.76. The summed E-state index contributed by atoms with van der Waals surface area (Å²) in [5.74, 6) is 0.779. The fourth-order valence-corrected chi connectivity index (χ4v) is 2.55. The van der Waals surface area contributed by atoms with Gasteiger partial charge >= 0.3 is 0 Å². The van der Waals surface area contributed by atoms with Crippen molar-refractivity contribution in [2.75, 3.05) is 25.6 Å². The Labute approximate surface area is 139 Å². The number of ether oxygens (including phenoxy) is 2. The van der Waals surface area contributed by atoms with Gasteiger partial charge in [0.2, 0.25) is 5.91 Å². The van der Waals surface area contributed by atoms with Crippen LogP contribution in [0.15, 0.2) is 48.5 Å². The SMILES string of the molecule is COc1ccccc1NCC(=O)NC1COc2ccccc2C1=O. The topological polar surface area (TPSA) is 76.7 Å². The fraction of sp³-hybridized carbons (Fsp3) is 0.222. The summed E-state index contributed by atoms with van der Waals surface area (Å²) in [5.41, 5.74) is 1.21. The van der Waals surface area contributed by atoms with E-state index in [2.05, 4.69) is 10.6 Å². The van der Waals surface area contributed by atoms with Crippen molar-refractivity contribution in [3.8, 4) is 11.5 Å². The molecule has 1 aliphatic heterocycles. The number of para-hydroxylation sites is 3. The van der Waals surface area contributed by atoms with Crippen LogP contribution in [0.25, 0.3) is 0 Å². The van der Waals surface area contributed by atoms with Crippen molar-refractivity contribution in [1.82, 2.24) is 5.32 Å². The maximum atomic E-state index is 12.4. The Balaban J connectivity index is 1.59. The molecular weight excluding hydrogens is 308 g/mol. The van der Waals surface area contributed by atoms with E-state index in [9.17, 15) is 9.59 Å². The number of carbonyl (C=O) groups is 2. The number of ketones is 1. The van der Waals surface area contributed by atoms with Gasteiger partial charge < -0.3 is 20.1 Å². The lowest BCUT2D eigenvalue weighted by atomic mass is 10.0. The molecule has 6 heteroatoms. The molecule has 124 valence electrons. The van der Waals surface area contributed by atoms with E-state index in [4.69, 9.17) is 9.47 Å².